The maximum atomic E-state index is 14.0. The Morgan fingerprint density at radius 3 is 2.93 bits per heavy atom. The van der Waals surface area contributed by atoms with Gasteiger partial charge < -0.3 is 15.8 Å². The summed E-state index contributed by atoms with van der Waals surface area (Å²) in [5, 5.41) is 3.12. The zero-order valence-electron chi connectivity index (χ0n) is 15.1. The first kappa shape index (κ1) is 21.9. The minimum atomic E-state index is -2.60. The molecule has 1 atom stereocenters. The summed E-state index contributed by atoms with van der Waals surface area (Å²) >= 11 is 5.83. The summed E-state index contributed by atoms with van der Waals surface area (Å²) in [4.78, 5) is 20.4. The predicted molar refractivity (Wildman–Crippen MR) is 100 cm³/mol. The molecule has 2 rings (SSSR count). The molecule has 1 unspecified atom stereocenters. The molecule has 28 heavy (non-hydrogen) atoms. The van der Waals surface area contributed by atoms with Gasteiger partial charge in [0.05, 0.1) is 11.6 Å². The third-order valence-corrected chi connectivity index (χ3v) is 4.05. The number of amides is 1. The van der Waals surface area contributed by atoms with E-state index in [0.29, 0.717) is 16.3 Å². The van der Waals surface area contributed by atoms with Crippen LogP contribution in [0.1, 0.15) is 22.5 Å². The predicted octanol–water partition coefficient (Wildman–Crippen LogP) is 3.17. The zero-order valence-corrected chi connectivity index (χ0v) is 15.8. The van der Waals surface area contributed by atoms with Crippen LogP contribution in [0.3, 0.4) is 0 Å². The number of amidine groups is 1. The molecular weight excluding hydrogens is 397 g/mol. The lowest BCUT2D eigenvalue weighted by Gasteiger charge is -2.20. The van der Waals surface area contributed by atoms with Crippen LogP contribution in [0.25, 0.3) is 0 Å². The van der Waals surface area contributed by atoms with Gasteiger partial charge in [0.2, 0.25) is 0 Å². The van der Waals surface area contributed by atoms with E-state index >= 15 is 0 Å². The summed E-state index contributed by atoms with van der Waals surface area (Å²) < 4.78 is 42.7. The van der Waals surface area contributed by atoms with Gasteiger partial charge in [0, 0.05) is 17.8 Å². The van der Waals surface area contributed by atoms with E-state index in [0.717, 1.165) is 0 Å². The van der Waals surface area contributed by atoms with Gasteiger partial charge in [-0.1, -0.05) is 11.6 Å². The molecule has 0 aromatic carbocycles. The zero-order chi connectivity index (χ0) is 20.7. The number of carbonyl (C=O) groups is 1. The Hall–Kier alpha value is -2.39. The molecule has 0 spiro atoms. The van der Waals surface area contributed by atoms with Gasteiger partial charge in [0.1, 0.15) is 30.6 Å². The van der Waals surface area contributed by atoms with Gasteiger partial charge >= 0.3 is 0 Å². The summed E-state index contributed by atoms with van der Waals surface area (Å²) in [6.45, 7) is 0.699. The number of nitrogens with one attached hydrogen (secondary N) is 1. The SMILES string of the molecule is Cc1cc(Cl)cnc1C(=O)NC1=CC=C(F)C(CN=C(N)COCC(F)F)C1. The van der Waals surface area contributed by atoms with Gasteiger partial charge in [-0.15, -0.1) is 0 Å². The van der Waals surface area contributed by atoms with E-state index in [1.807, 2.05) is 0 Å². The Morgan fingerprint density at radius 1 is 1.50 bits per heavy atom. The number of aliphatic imine (C=N–C) groups is 1. The molecular formula is C18H20ClF3N4O2. The number of allylic oxidation sites excluding steroid dienone is 3. The van der Waals surface area contributed by atoms with Crippen molar-refractivity contribution in [3.63, 3.8) is 0 Å². The van der Waals surface area contributed by atoms with Gasteiger partial charge in [-0.25, -0.2) is 18.2 Å². The molecule has 0 saturated carbocycles. The number of hydrogen-bond donors (Lipinski definition) is 2. The third-order valence-electron chi connectivity index (χ3n) is 3.84. The minimum Gasteiger partial charge on any atom is -0.386 e. The molecule has 0 radical (unpaired) electrons. The van der Waals surface area contributed by atoms with Gasteiger partial charge in [-0.2, -0.15) is 0 Å². The van der Waals surface area contributed by atoms with Crippen molar-refractivity contribution in [1.29, 1.82) is 0 Å². The largest absolute Gasteiger partial charge is 0.386 e. The monoisotopic (exact) mass is 416 g/mol. The number of nitrogens with two attached hydrogens (primary N) is 1. The van der Waals surface area contributed by atoms with E-state index in [2.05, 4.69) is 20.0 Å². The quantitative estimate of drug-likeness (QED) is 0.503. The summed E-state index contributed by atoms with van der Waals surface area (Å²) in [5.74, 6) is -1.48. The van der Waals surface area contributed by atoms with Gasteiger partial charge in [-0.3, -0.25) is 9.79 Å². The van der Waals surface area contributed by atoms with Crippen LogP contribution in [-0.2, 0) is 4.74 Å². The third kappa shape index (κ3) is 6.65. The van der Waals surface area contributed by atoms with Crippen LogP contribution in [-0.4, -0.2) is 42.9 Å². The standard InChI is InChI=1S/C18H20ClF3N4O2/c1-10-4-12(19)7-25-17(10)18(27)26-13-2-3-14(20)11(5-13)6-24-16(23)9-28-8-15(21)22/h2-4,7,11,15H,5-6,8-9H2,1H3,(H2,23,24)(H,26,27). The second-order valence-electron chi connectivity index (χ2n) is 6.16. The number of hydrogen-bond acceptors (Lipinski definition) is 4. The number of nitrogens with zero attached hydrogens (tertiary/aromatic N) is 2. The summed E-state index contributed by atoms with van der Waals surface area (Å²) in [6, 6.07) is 1.62. The van der Waals surface area contributed by atoms with Crippen LogP contribution in [0.4, 0.5) is 13.2 Å². The van der Waals surface area contributed by atoms with Gasteiger partial charge in [-0.05, 0) is 37.1 Å². The van der Waals surface area contributed by atoms with E-state index in [1.165, 1.54) is 18.3 Å². The van der Waals surface area contributed by atoms with Crippen LogP contribution in [0.15, 0.2) is 40.9 Å². The first-order valence-corrected chi connectivity index (χ1v) is 8.78. The maximum absolute atomic E-state index is 14.0. The molecule has 0 bridgehead atoms. The summed E-state index contributed by atoms with van der Waals surface area (Å²) in [7, 11) is 0. The maximum Gasteiger partial charge on any atom is 0.274 e. The Labute approximate surface area is 165 Å². The fourth-order valence-electron chi connectivity index (χ4n) is 2.50. The summed E-state index contributed by atoms with van der Waals surface area (Å²) in [5.41, 5.74) is 6.90. The van der Waals surface area contributed by atoms with Crippen molar-refractivity contribution >= 4 is 23.3 Å². The van der Waals surface area contributed by atoms with Crippen molar-refractivity contribution in [2.45, 2.75) is 19.8 Å². The lowest BCUT2D eigenvalue weighted by Crippen LogP contribution is -2.28. The number of alkyl halides is 2. The highest BCUT2D eigenvalue weighted by molar-refractivity contribution is 6.30. The molecule has 152 valence electrons. The lowest BCUT2D eigenvalue weighted by atomic mass is 9.96. The number of halogens is 4. The van der Waals surface area contributed by atoms with Crippen molar-refractivity contribution in [3.8, 4) is 0 Å². The van der Waals surface area contributed by atoms with Crippen molar-refractivity contribution < 1.29 is 22.7 Å². The molecule has 1 aromatic heterocycles. The lowest BCUT2D eigenvalue weighted by molar-refractivity contribution is 0.0321. The smallest absolute Gasteiger partial charge is 0.274 e. The fraction of sp³-hybridized carbons (Fsp3) is 0.389. The Kier molecular flexibility index (Phi) is 8.01. The van der Waals surface area contributed by atoms with Crippen LogP contribution in [0.5, 0.6) is 0 Å². The molecule has 1 aromatic rings. The normalized spacial score (nSPS) is 17.4. The van der Waals surface area contributed by atoms with Crippen LogP contribution < -0.4 is 11.1 Å². The van der Waals surface area contributed by atoms with Crippen LogP contribution in [0, 0.1) is 12.8 Å². The van der Waals surface area contributed by atoms with Gasteiger partial charge in [0.25, 0.3) is 12.3 Å². The van der Waals surface area contributed by atoms with Crippen LogP contribution in [0.2, 0.25) is 5.02 Å². The first-order chi connectivity index (χ1) is 13.3. The first-order valence-electron chi connectivity index (χ1n) is 8.40. The summed E-state index contributed by atoms with van der Waals surface area (Å²) in [6.07, 6.45) is 1.67. The number of carbonyl (C=O) groups excluding carboxylic acids is 1. The molecule has 0 fully saturated rings. The molecule has 0 aliphatic heterocycles. The number of rotatable bonds is 8. The molecule has 0 saturated heterocycles. The van der Waals surface area contributed by atoms with E-state index in [4.69, 9.17) is 17.3 Å². The second kappa shape index (κ2) is 10.2. The van der Waals surface area contributed by atoms with Crippen molar-refractivity contribution in [2.24, 2.45) is 16.6 Å². The molecule has 3 N–H and O–H groups in total. The van der Waals surface area contributed by atoms with Crippen molar-refractivity contribution in [1.82, 2.24) is 10.3 Å². The van der Waals surface area contributed by atoms with E-state index < -0.39 is 30.7 Å². The Bertz CT molecular complexity index is 812. The average molecular weight is 417 g/mol. The highest BCUT2D eigenvalue weighted by Gasteiger charge is 2.22. The molecule has 1 aliphatic carbocycles. The molecule has 1 heterocycles. The number of ether oxygens (including phenoxy) is 1. The topological polar surface area (TPSA) is 89.6 Å². The van der Waals surface area contributed by atoms with E-state index in [9.17, 15) is 18.0 Å². The molecule has 1 aliphatic rings. The van der Waals surface area contributed by atoms with E-state index in [-0.39, 0.29) is 31.1 Å². The van der Waals surface area contributed by atoms with Crippen molar-refractivity contribution in [2.75, 3.05) is 19.8 Å². The number of aromatic nitrogens is 1. The highest BCUT2D eigenvalue weighted by atomic mass is 35.5. The number of pyridine rings is 1. The molecule has 6 nitrogen and oxygen atoms in total. The van der Waals surface area contributed by atoms with Crippen molar-refractivity contribution in [3.05, 3.63) is 52.2 Å². The minimum absolute atomic E-state index is 0.00234. The molecule has 1 amide bonds. The van der Waals surface area contributed by atoms with E-state index in [1.54, 1.807) is 13.0 Å². The van der Waals surface area contributed by atoms with Gasteiger partial charge in [0.15, 0.2) is 0 Å². The number of aryl methyl sites for hydroxylation is 1. The average Bonchev–Trinajstić information content (AvgIpc) is 2.61. The second-order valence-corrected chi connectivity index (χ2v) is 6.59. The van der Waals surface area contributed by atoms with Crippen LogP contribution >= 0.6 is 11.6 Å². The Balaban J connectivity index is 1.93. The molecule has 10 heteroatoms. The Morgan fingerprint density at radius 2 is 2.25 bits per heavy atom. The highest BCUT2D eigenvalue weighted by Crippen LogP contribution is 2.25. The fourth-order valence-corrected chi connectivity index (χ4v) is 2.71.